The van der Waals surface area contributed by atoms with Crippen molar-refractivity contribution in [3.8, 4) is 0 Å². The maximum absolute atomic E-state index is 12.7. The van der Waals surface area contributed by atoms with Gasteiger partial charge in [-0.2, -0.15) is 0 Å². The molecule has 3 aliphatic rings. The predicted molar refractivity (Wildman–Crippen MR) is 113 cm³/mol. The molecule has 2 aliphatic heterocycles. The number of nitrogens with zero attached hydrogens (tertiary/aromatic N) is 2. The summed E-state index contributed by atoms with van der Waals surface area (Å²) in [5, 5.41) is 3.31. The van der Waals surface area contributed by atoms with Crippen LogP contribution in [0.4, 0.5) is 5.69 Å². The molecule has 2 heterocycles. The fourth-order valence-corrected chi connectivity index (χ4v) is 5.07. The first kappa shape index (κ1) is 19.7. The van der Waals surface area contributed by atoms with Gasteiger partial charge in [0.1, 0.15) is 0 Å². The number of ether oxygens (including phenoxy) is 1. The van der Waals surface area contributed by atoms with Crippen molar-refractivity contribution < 1.29 is 9.53 Å². The lowest BCUT2D eigenvalue weighted by molar-refractivity contribution is -0.126. The molecule has 1 saturated heterocycles. The Kier molecular flexibility index (Phi) is 6.53. The van der Waals surface area contributed by atoms with Crippen molar-refractivity contribution in [2.45, 2.75) is 51.0 Å². The van der Waals surface area contributed by atoms with Crippen LogP contribution in [0.2, 0.25) is 0 Å². The largest absolute Gasteiger partial charge is 0.379 e. The van der Waals surface area contributed by atoms with Gasteiger partial charge in [0.05, 0.1) is 19.3 Å². The van der Waals surface area contributed by atoms with Crippen LogP contribution in [-0.4, -0.2) is 57.2 Å². The van der Waals surface area contributed by atoms with E-state index in [9.17, 15) is 4.79 Å². The van der Waals surface area contributed by atoms with Crippen molar-refractivity contribution in [3.05, 3.63) is 29.3 Å². The van der Waals surface area contributed by atoms with Gasteiger partial charge in [0.2, 0.25) is 5.91 Å². The number of carbonyl (C=O) groups is 1. The highest BCUT2D eigenvalue weighted by Crippen LogP contribution is 2.31. The van der Waals surface area contributed by atoms with Crippen LogP contribution < -0.4 is 10.2 Å². The second kappa shape index (κ2) is 9.27. The third-order valence-corrected chi connectivity index (χ3v) is 6.77. The molecule has 1 aliphatic carbocycles. The highest BCUT2D eigenvalue weighted by atomic mass is 16.5. The predicted octanol–water partition coefficient (Wildman–Crippen LogP) is 3.14. The van der Waals surface area contributed by atoms with Gasteiger partial charge in [-0.3, -0.25) is 9.69 Å². The number of anilines is 1. The van der Waals surface area contributed by atoms with Crippen LogP contribution in [0.1, 0.15) is 55.7 Å². The fourth-order valence-electron chi connectivity index (χ4n) is 5.07. The van der Waals surface area contributed by atoms with Crippen molar-refractivity contribution >= 4 is 11.6 Å². The maximum atomic E-state index is 12.7. The number of amides is 1. The average Bonchev–Trinajstić information content (AvgIpc) is 2.75. The number of hydrogen-bond acceptors (Lipinski definition) is 4. The Morgan fingerprint density at radius 3 is 2.71 bits per heavy atom. The number of rotatable bonds is 5. The van der Waals surface area contributed by atoms with E-state index in [-0.39, 0.29) is 17.9 Å². The fraction of sp³-hybridized carbons (Fsp3) is 0.696. The summed E-state index contributed by atoms with van der Waals surface area (Å²) in [4.78, 5) is 17.6. The Morgan fingerprint density at radius 1 is 1.14 bits per heavy atom. The van der Waals surface area contributed by atoms with E-state index in [2.05, 4.69) is 40.4 Å². The van der Waals surface area contributed by atoms with Crippen LogP contribution >= 0.6 is 0 Å². The van der Waals surface area contributed by atoms with Gasteiger partial charge in [-0.1, -0.05) is 31.4 Å². The van der Waals surface area contributed by atoms with Crippen molar-refractivity contribution in [3.63, 3.8) is 0 Å². The third-order valence-electron chi connectivity index (χ3n) is 6.77. The molecule has 1 aromatic carbocycles. The second-order valence-electron chi connectivity index (χ2n) is 8.66. The first-order valence-corrected chi connectivity index (χ1v) is 11.2. The van der Waals surface area contributed by atoms with E-state index in [4.69, 9.17) is 4.74 Å². The van der Waals surface area contributed by atoms with Gasteiger partial charge in [0, 0.05) is 44.8 Å². The number of carbonyl (C=O) groups excluding carboxylic acids is 1. The van der Waals surface area contributed by atoms with E-state index in [1.165, 1.54) is 42.5 Å². The lowest BCUT2D eigenvalue weighted by Gasteiger charge is -2.36. The molecular formula is C23H35N3O2. The summed E-state index contributed by atoms with van der Waals surface area (Å²) in [5.74, 6) is 0.479. The van der Waals surface area contributed by atoms with Crippen LogP contribution in [0.25, 0.3) is 0 Å². The molecule has 1 aromatic rings. The monoisotopic (exact) mass is 385 g/mol. The van der Waals surface area contributed by atoms with Gasteiger partial charge in [-0.15, -0.1) is 0 Å². The SMILES string of the molecule is CN1CCCc2cc([C@H](CNC(=O)C3CCCCC3)N3CCOCC3)ccc21. The summed E-state index contributed by atoms with van der Waals surface area (Å²) in [6.07, 6.45) is 8.15. The first-order chi connectivity index (χ1) is 13.7. The Bertz CT molecular complexity index is 666. The minimum atomic E-state index is 0.219. The van der Waals surface area contributed by atoms with E-state index in [0.717, 1.165) is 52.1 Å². The highest BCUT2D eigenvalue weighted by Gasteiger charge is 2.27. The standard InChI is InChI=1S/C23H35N3O2/c1-25-11-5-8-19-16-20(9-10-21(19)25)22(26-12-14-28-15-13-26)17-24-23(27)18-6-3-2-4-7-18/h9-10,16,18,22H,2-8,11-15,17H2,1H3,(H,24,27)/t22-/m0/s1. The van der Waals surface area contributed by atoms with E-state index >= 15 is 0 Å². The Labute approximate surface area is 169 Å². The van der Waals surface area contributed by atoms with Gasteiger partial charge in [0.15, 0.2) is 0 Å². The molecule has 1 saturated carbocycles. The molecule has 0 radical (unpaired) electrons. The normalized spacial score (nSPS) is 22.5. The molecule has 0 unspecified atom stereocenters. The summed E-state index contributed by atoms with van der Waals surface area (Å²) in [6.45, 7) is 5.25. The molecule has 1 atom stereocenters. The van der Waals surface area contributed by atoms with Gasteiger partial charge in [-0.05, 0) is 42.9 Å². The van der Waals surface area contributed by atoms with Gasteiger partial charge in [0.25, 0.3) is 0 Å². The van der Waals surface area contributed by atoms with Crippen molar-refractivity contribution in [1.29, 1.82) is 0 Å². The van der Waals surface area contributed by atoms with Gasteiger partial charge < -0.3 is 15.0 Å². The van der Waals surface area contributed by atoms with E-state index < -0.39 is 0 Å². The minimum absolute atomic E-state index is 0.219. The van der Waals surface area contributed by atoms with Gasteiger partial charge >= 0.3 is 0 Å². The van der Waals surface area contributed by atoms with E-state index in [1.807, 2.05) is 0 Å². The Morgan fingerprint density at radius 2 is 1.93 bits per heavy atom. The van der Waals surface area contributed by atoms with Crippen molar-refractivity contribution in [2.75, 3.05) is 51.3 Å². The van der Waals surface area contributed by atoms with Crippen LogP contribution in [0.3, 0.4) is 0 Å². The zero-order valence-corrected chi connectivity index (χ0v) is 17.3. The molecule has 28 heavy (non-hydrogen) atoms. The maximum Gasteiger partial charge on any atom is 0.223 e. The van der Waals surface area contributed by atoms with Gasteiger partial charge in [-0.25, -0.2) is 0 Å². The molecular weight excluding hydrogens is 350 g/mol. The molecule has 0 spiro atoms. The minimum Gasteiger partial charge on any atom is -0.379 e. The van der Waals surface area contributed by atoms with Crippen LogP contribution in [0.15, 0.2) is 18.2 Å². The summed E-state index contributed by atoms with van der Waals surface area (Å²) in [7, 11) is 2.18. The molecule has 1 amide bonds. The summed E-state index contributed by atoms with van der Waals surface area (Å²) >= 11 is 0. The zero-order chi connectivity index (χ0) is 19.3. The third kappa shape index (κ3) is 4.52. The van der Waals surface area contributed by atoms with Crippen molar-refractivity contribution in [2.24, 2.45) is 5.92 Å². The molecule has 0 aromatic heterocycles. The Balaban J connectivity index is 1.49. The van der Waals surface area contributed by atoms with Crippen molar-refractivity contribution in [1.82, 2.24) is 10.2 Å². The molecule has 1 N–H and O–H groups in total. The Hall–Kier alpha value is -1.59. The lowest BCUT2D eigenvalue weighted by Crippen LogP contribution is -2.45. The smallest absolute Gasteiger partial charge is 0.223 e. The van der Waals surface area contributed by atoms with E-state index in [0.29, 0.717) is 6.54 Å². The molecule has 2 fully saturated rings. The second-order valence-corrected chi connectivity index (χ2v) is 8.66. The number of aryl methyl sites for hydroxylation is 1. The quantitative estimate of drug-likeness (QED) is 0.846. The van der Waals surface area contributed by atoms with E-state index in [1.54, 1.807) is 0 Å². The van der Waals surface area contributed by atoms with Crippen LogP contribution in [0, 0.1) is 5.92 Å². The number of nitrogens with one attached hydrogen (secondary N) is 1. The summed E-state index contributed by atoms with van der Waals surface area (Å²) in [6, 6.07) is 7.17. The number of benzene rings is 1. The summed E-state index contributed by atoms with van der Waals surface area (Å²) < 4.78 is 5.58. The van der Waals surface area contributed by atoms with Crippen LogP contribution in [0.5, 0.6) is 0 Å². The molecule has 154 valence electrons. The average molecular weight is 386 g/mol. The molecule has 4 rings (SSSR count). The summed E-state index contributed by atoms with van der Waals surface area (Å²) in [5.41, 5.74) is 4.14. The van der Waals surface area contributed by atoms with Crippen LogP contribution in [-0.2, 0) is 16.0 Å². The molecule has 5 nitrogen and oxygen atoms in total. The molecule has 0 bridgehead atoms. The lowest BCUT2D eigenvalue weighted by atomic mass is 9.88. The zero-order valence-electron chi connectivity index (χ0n) is 17.3. The number of morpholine rings is 1. The number of hydrogen-bond donors (Lipinski definition) is 1. The highest BCUT2D eigenvalue weighted by molar-refractivity contribution is 5.78. The topological polar surface area (TPSA) is 44.8 Å². The number of fused-ring (bicyclic) bond motifs is 1. The first-order valence-electron chi connectivity index (χ1n) is 11.2. The molecule has 5 heteroatoms.